The number of hydrogen-bond acceptors (Lipinski definition) is 3. The molecule has 1 heterocycles. The molecule has 144 valence electrons. The normalized spacial score (nSPS) is 10.7. The van der Waals surface area contributed by atoms with Gasteiger partial charge in [0.05, 0.1) is 6.54 Å². The van der Waals surface area contributed by atoms with E-state index in [1.165, 1.54) is 16.8 Å². The van der Waals surface area contributed by atoms with Gasteiger partial charge in [0.2, 0.25) is 5.91 Å². The molecule has 0 radical (unpaired) electrons. The lowest BCUT2D eigenvalue weighted by atomic mass is 10.1. The van der Waals surface area contributed by atoms with Gasteiger partial charge >= 0.3 is 5.69 Å². The molecule has 6 heteroatoms. The van der Waals surface area contributed by atoms with Crippen molar-refractivity contribution in [1.29, 1.82) is 0 Å². The Kier molecular flexibility index (Phi) is 5.59. The number of carbonyl (C=O) groups excluding carboxylic acids is 1. The van der Waals surface area contributed by atoms with Crippen molar-refractivity contribution in [3.8, 4) is 0 Å². The molecule has 0 aliphatic rings. The average Bonchev–Trinajstić information content (AvgIpc) is 2.62. The van der Waals surface area contributed by atoms with Gasteiger partial charge in [-0.15, -0.1) is 0 Å². The van der Waals surface area contributed by atoms with Gasteiger partial charge < -0.3 is 5.32 Å². The van der Waals surface area contributed by atoms with Gasteiger partial charge in [-0.2, -0.15) is 0 Å². The first-order valence-electron chi connectivity index (χ1n) is 9.06. The van der Waals surface area contributed by atoms with Crippen LogP contribution in [0.3, 0.4) is 0 Å². The Hall–Kier alpha value is -3.41. The van der Waals surface area contributed by atoms with E-state index < -0.39 is 5.69 Å². The first kappa shape index (κ1) is 19.4. The van der Waals surface area contributed by atoms with Gasteiger partial charge in [0, 0.05) is 18.0 Å². The molecule has 0 saturated heterocycles. The molecule has 28 heavy (non-hydrogen) atoms. The van der Waals surface area contributed by atoms with Crippen LogP contribution in [-0.2, 0) is 17.9 Å². The molecule has 1 N–H and O–H groups in total. The number of benzene rings is 2. The number of amides is 1. The van der Waals surface area contributed by atoms with Gasteiger partial charge in [-0.25, -0.2) is 4.79 Å². The number of anilines is 1. The number of carbonyl (C=O) groups is 1. The molecule has 0 saturated carbocycles. The smallest absolute Gasteiger partial charge is 0.324 e. The number of aryl methyl sites for hydroxylation is 3. The van der Waals surface area contributed by atoms with Crippen LogP contribution in [0.15, 0.2) is 64.3 Å². The second-order valence-corrected chi connectivity index (χ2v) is 7.01. The van der Waals surface area contributed by atoms with Gasteiger partial charge in [0.15, 0.2) is 0 Å². The van der Waals surface area contributed by atoms with Gasteiger partial charge in [0.25, 0.3) is 5.56 Å². The molecule has 1 aromatic heterocycles. The maximum atomic E-state index is 12.8. The van der Waals surface area contributed by atoms with Crippen molar-refractivity contribution < 1.29 is 4.79 Å². The molecular weight excluding hydrogens is 354 g/mol. The summed E-state index contributed by atoms with van der Waals surface area (Å²) in [6.07, 6.45) is 1.36. The van der Waals surface area contributed by atoms with Gasteiger partial charge in [-0.05, 0) is 38.0 Å². The standard InChI is InChI=1S/C22H23N3O3/c1-15-10-16(2)12-18(11-15)13-25-21(27)8-9-24(22(25)28)14-20(26)23-19-7-5-4-6-17(19)3/h4-12H,13-14H2,1-3H3,(H,23,26). The number of aromatic nitrogens is 2. The van der Waals surface area contributed by atoms with Crippen molar-refractivity contribution in [1.82, 2.24) is 9.13 Å². The number of para-hydroxylation sites is 1. The van der Waals surface area contributed by atoms with E-state index in [1.807, 2.05) is 57.2 Å². The minimum absolute atomic E-state index is 0.166. The van der Waals surface area contributed by atoms with Gasteiger partial charge in [-0.3, -0.25) is 18.7 Å². The van der Waals surface area contributed by atoms with E-state index in [0.29, 0.717) is 5.69 Å². The van der Waals surface area contributed by atoms with E-state index >= 15 is 0 Å². The summed E-state index contributed by atoms with van der Waals surface area (Å²) >= 11 is 0. The average molecular weight is 377 g/mol. The fourth-order valence-electron chi connectivity index (χ4n) is 3.22. The van der Waals surface area contributed by atoms with E-state index in [4.69, 9.17) is 0 Å². The van der Waals surface area contributed by atoms with Crippen molar-refractivity contribution in [3.63, 3.8) is 0 Å². The molecular formula is C22H23N3O3. The monoisotopic (exact) mass is 377 g/mol. The zero-order valence-corrected chi connectivity index (χ0v) is 16.2. The fourth-order valence-corrected chi connectivity index (χ4v) is 3.22. The maximum Gasteiger partial charge on any atom is 0.331 e. The summed E-state index contributed by atoms with van der Waals surface area (Å²) in [4.78, 5) is 37.4. The van der Waals surface area contributed by atoms with Crippen molar-refractivity contribution in [3.05, 3.63) is 97.8 Å². The molecule has 0 bridgehead atoms. The van der Waals surface area contributed by atoms with E-state index in [-0.39, 0.29) is 24.6 Å². The Balaban J connectivity index is 1.84. The molecule has 3 rings (SSSR count). The van der Waals surface area contributed by atoms with Crippen LogP contribution < -0.4 is 16.6 Å². The number of nitrogens with one attached hydrogen (secondary N) is 1. The molecule has 0 spiro atoms. The summed E-state index contributed by atoms with van der Waals surface area (Å²) in [6, 6.07) is 14.7. The predicted molar refractivity (Wildman–Crippen MR) is 110 cm³/mol. The van der Waals surface area contributed by atoms with Crippen LogP contribution in [0.4, 0.5) is 5.69 Å². The van der Waals surface area contributed by atoms with Crippen LogP contribution in [-0.4, -0.2) is 15.0 Å². The molecule has 0 atom stereocenters. The number of rotatable bonds is 5. The Morgan fingerprint density at radius 2 is 1.64 bits per heavy atom. The molecule has 0 aliphatic carbocycles. The van der Waals surface area contributed by atoms with Gasteiger partial charge in [0.1, 0.15) is 6.54 Å². The third-order valence-electron chi connectivity index (χ3n) is 4.49. The van der Waals surface area contributed by atoms with E-state index in [1.54, 1.807) is 6.07 Å². The van der Waals surface area contributed by atoms with Crippen molar-refractivity contribution in [2.75, 3.05) is 5.32 Å². The van der Waals surface area contributed by atoms with Crippen LogP contribution in [0.1, 0.15) is 22.3 Å². The summed E-state index contributed by atoms with van der Waals surface area (Å²) in [5.74, 6) is -0.326. The highest BCUT2D eigenvalue weighted by Crippen LogP contribution is 2.13. The SMILES string of the molecule is Cc1cc(C)cc(Cn2c(=O)ccn(CC(=O)Nc3ccccc3C)c2=O)c1. The highest BCUT2D eigenvalue weighted by Gasteiger charge is 2.11. The summed E-state index contributed by atoms with van der Waals surface area (Å²) in [6.45, 7) is 5.84. The zero-order chi connectivity index (χ0) is 20.3. The van der Waals surface area contributed by atoms with Crippen LogP contribution >= 0.6 is 0 Å². The van der Waals surface area contributed by atoms with Gasteiger partial charge in [-0.1, -0.05) is 47.5 Å². The lowest BCUT2D eigenvalue weighted by Crippen LogP contribution is -2.41. The van der Waals surface area contributed by atoms with Crippen LogP contribution in [0.5, 0.6) is 0 Å². The number of hydrogen-bond donors (Lipinski definition) is 1. The van der Waals surface area contributed by atoms with E-state index in [0.717, 1.165) is 26.8 Å². The zero-order valence-electron chi connectivity index (χ0n) is 16.2. The molecule has 1 amide bonds. The van der Waals surface area contributed by atoms with Crippen LogP contribution in [0, 0.1) is 20.8 Å². The van der Waals surface area contributed by atoms with Crippen LogP contribution in [0.25, 0.3) is 0 Å². The molecule has 3 aromatic rings. The molecule has 0 aliphatic heterocycles. The first-order valence-corrected chi connectivity index (χ1v) is 9.06. The fraction of sp³-hybridized carbons (Fsp3) is 0.227. The molecule has 0 unspecified atom stereocenters. The number of nitrogens with zero attached hydrogens (tertiary/aromatic N) is 2. The lowest BCUT2D eigenvalue weighted by Gasteiger charge is -2.12. The minimum atomic E-state index is -0.508. The van der Waals surface area contributed by atoms with Crippen LogP contribution in [0.2, 0.25) is 0 Å². The quantitative estimate of drug-likeness (QED) is 0.743. The summed E-state index contributed by atoms with van der Waals surface area (Å²) in [5.41, 5.74) is 3.74. The Bertz CT molecular complexity index is 1120. The topological polar surface area (TPSA) is 73.1 Å². The molecule has 6 nitrogen and oxygen atoms in total. The summed E-state index contributed by atoms with van der Waals surface area (Å²) in [7, 11) is 0. The van der Waals surface area contributed by atoms with Crippen molar-refractivity contribution >= 4 is 11.6 Å². The Morgan fingerprint density at radius 3 is 2.32 bits per heavy atom. The van der Waals surface area contributed by atoms with E-state index in [9.17, 15) is 14.4 Å². The second kappa shape index (κ2) is 8.08. The first-order chi connectivity index (χ1) is 13.3. The molecule has 2 aromatic carbocycles. The van der Waals surface area contributed by atoms with E-state index in [2.05, 4.69) is 5.32 Å². The largest absolute Gasteiger partial charge is 0.331 e. The highest BCUT2D eigenvalue weighted by molar-refractivity contribution is 5.91. The summed E-state index contributed by atoms with van der Waals surface area (Å²) < 4.78 is 2.40. The predicted octanol–water partition coefficient (Wildman–Crippen LogP) is 2.62. The Labute approximate surface area is 163 Å². The maximum absolute atomic E-state index is 12.8. The third-order valence-corrected chi connectivity index (χ3v) is 4.49. The summed E-state index contributed by atoms with van der Waals surface area (Å²) in [5, 5.41) is 2.80. The molecule has 0 fully saturated rings. The minimum Gasteiger partial charge on any atom is -0.324 e. The Morgan fingerprint density at radius 1 is 0.964 bits per heavy atom. The third kappa shape index (κ3) is 4.46. The highest BCUT2D eigenvalue weighted by atomic mass is 16.2. The van der Waals surface area contributed by atoms with Crippen molar-refractivity contribution in [2.24, 2.45) is 0 Å². The second-order valence-electron chi connectivity index (χ2n) is 7.01. The lowest BCUT2D eigenvalue weighted by molar-refractivity contribution is -0.116. The van der Waals surface area contributed by atoms with Crippen molar-refractivity contribution in [2.45, 2.75) is 33.9 Å².